The van der Waals surface area contributed by atoms with E-state index in [1.807, 2.05) is 24.3 Å². The molecule has 3 radical (unpaired) electrons. The van der Waals surface area contributed by atoms with Crippen LogP contribution in [-0.2, 0) is 65.1 Å². The Bertz CT molecular complexity index is 479. The van der Waals surface area contributed by atoms with E-state index in [2.05, 4.69) is 6.07 Å². The zero-order valence-electron chi connectivity index (χ0n) is 10.6. The molecule has 1 aromatic rings. The third-order valence-corrected chi connectivity index (χ3v) is 1.60. The van der Waals surface area contributed by atoms with Crippen molar-refractivity contribution in [3.63, 3.8) is 0 Å². The molecule has 0 atom stereocenters. The summed E-state index contributed by atoms with van der Waals surface area (Å²) in [6.07, 6.45) is 4.75. The molecule has 0 saturated heterocycles. The summed E-state index contributed by atoms with van der Waals surface area (Å²) < 4.78 is 74.1. The summed E-state index contributed by atoms with van der Waals surface area (Å²) in [6.45, 7) is 0. The van der Waals surface area contributed by atoms with Crippen molar-refractivity contribution in [1.29, 1.82) is 0 Å². The van der Waals surface area contributed by atoms with Gasteiger partial charge >= 0.3 is 112 Å². The molecule has 0 aromatic heterocycles. The van der Waals surface area contributed by atoms with Gasteiger partial charge in [-0.1, -0.05) is 18.2 Å². The first-order valence-corrected chi connectivity index (χ1v) is 11.0. The van der Waals surface area contributed by atoms with Gasteiger partial charge in [0.2, 0.25) is 0 Å². The van der Waals surface area contributed by atoms with Crippen LogP contribution in [0.15, 0.2) is 36.6 Å². The Morgan fingerprint density at radius 2 is 1.22 bits per heavy atom. The number of fused-ring (bicyclic) bond motifs is 1. The van der Waals surface area contributed by atoms with Crippen LogP contribution in [0.2, 0.25) is 0 Å². The molecule has 23 heavy (non-hydrogen) atoms. The first-order valence-electron chi connectivity index (χ1n) is 4.82. The Morgan fingerprint density at radius 3 is 1.61 bits per heavy atom. The molecule has 1 heterocycles. The summed E-state index contributed by atoms with van der Waals surface area (Å²) >= 11 is -11.8. The Balaban J connectivity index is -0.000000123. The second kappa shape index (κ2) is 15.1. The zero-order chi connectivity index (χ0) is 15.8. The van der Waals surface area contributed by atoms with E-state index in [1.165, 1.54) is 5.56 Å². The molecule has 0 amide bonds. The molecule has 1 aliphatic rings. The predicted octanol–water partition coefficient (Wildman–Crippen LogP) is -6.01. The van der Waals surface area contributed by atoms with Crippen molar-refractivity contribution in [2.24, 2.45) is 0 Å². The minimum absolute atomic E-state index is 0. The Hall–Kier alpha value is 0.795. The van der Waals surface area contributed by atoms with Crippen LogP contribution in [0.25, 0.3) is 0 Å². The fourth-order valence-corrected chi connectivity index (χ4v) is 1.08. The minimum atomic E-state index is -5.88. The van der Waals surface area contributed by atoms with E-state index in [4.69, 9.17) is 36.8 Å². The van der Waals surface area contributed by atoms with Gasteiger partial charge in [0.25, 0.3) is 0 Å². The molecule has 0 saturated carbocycles. The fourth-order valence-electron chi connectivity index (χ4n) is 1.08. The van der Waals surface area contributed by atoms with Crippen molar-refractivity contribution >= 4 is 29.0 Å². The Morgan fingerprint density at radius 1 is 0.826 bits per heavy atom. The van der Waals surface area contributed by atoms with E-state index in [0.717, 1.165) is 12.2 Å². The third-order valence-electron chi connectivity index (χ3n) is 1.60. The molecule has 0 N–H and O–H groups in total. The van der Waals surface area contributed by atoms with Crippen molar-refractivity contribution in [1.82, 2.24) is 0 Å². The molecule has 0 unspecified atom stereocenters. The molecule has 141 valence electrons. The number of para-hydroxylation sites is 1. The summed E-state index contributed by atoms with van der Waals surface area (Å²) in [5, 5.41) is 0. The molecule has 0 spiro atoms. The van der Waals surface area contributed by atoms with Gasteiger partial charge < -0.3 is 4.74 Å². The van der Waals surface area contributed by atoms with Crippen molar-refractivity contribution < 1.29 is 88.0 Å². The summed E-state index contributed by atoms with van der Waals surface area (Å²) in [4.78, 5) is 0. The van der Waals surface area contributed by atoms with Crippen LogP contribution in [0.5, 0.6) is 5.75 Å². The largest absolute Gasteiger partial charge is 2.00 e. The second-order valence-electron chi connectivity index (χ2n) is 3.20. The number of hydrogen-bond acceptors (Lipinski definition) is 9. The smallest absolute Gasteiger partial charge is 2.00 e. The molecule has 0 bridgehead atoms. The van der Waals surface area contributed by atoms with Crippen molar-refractivity contribution in [3.8, 4) is 5.75 Å². The molecule has 1 aromatic carbocycles. The van der Waals surface area contributed by atoms with Gasteiger partial charge in [-0.05, 0) is 24.1 Å². The Labute approximate surface area is 170 Å². The summed E-state index contributed by atoms with van der Waals surface area (Å²) in [6, 6.07) is 8.08. The van der Waals surface area contributed by atoms with Crippen LogP contribution in [0.4, 0.5) is 0 Å². The number of rotatable bonds is 0. The van der Waals surface area contributed by atoms with E-state index in [9.17, 15) is 0 Å². The predicted molar refractivity (Wildman–Crippen MR) is 52.8 cm³/mol. The van der Waals surface area contributed by atoms with Gasteiger partial charge in [-0.3, -0.25) is 0 Å². The maximum Gasteiger partial charge on any atom is 2.00 e. The average Bonchev–Trinajstić information content (AvgIpc) is 2.25. The first-order chi connectivity index (χ1) is 8.97. The van der Waals surface area contributed by atoms with Gasteiger partial charge in [0.15, 0.2) is 0 Å². The van der Waals surface area contributed by atoms with Gasteiger partial charge in [0, 0.05) is 0 Å². The molecule has 0 fully saturated rings. The standard InChI is InChI=1S/C9H8O.2AsH3O4.3Cu/c1-2-6-9-8(4-1)5-3-7-10-9;2*2-1(3,4)5;;;/h1-4,6-7H,5H2;2*(H3,2,3,4,5);;;/q;;;3*+2/p-6. The van der Waals surface area contributed by atoms with E-state index >= 15 is 0 Å². The topological polar surface area (TPSA) is 182 Å². The monoisotopic (exact) mass is 599 g/mol. The van der Waals surface area contributed by atoms with Crippen LogP contribution < -0.4 is 29.3 Å². The van der Waals surface area contributed by atoms with Gasteiger partial charge in [0.05, 0.1) is 6.26 Å². The van der Waals surface area contributed by atoms with Crippen LogP contribution in [0.3, 0.4) is 0 Å². The normalized spacial score (nSPS) is 11.2. The average molecular weight is 601 g/mol. The number of hydrogen-bond donors (Lipinski definition) is 0. The SMILES string of the molecule is C1=COc2ccccc2C1.O=[As]([O-])([O-])[O-].O=[As]([O-])([O-])[O-].[Cu+2].[Cu+2].[Cu+2]. The van der Waals surface area contributed by atoms with Gasteiger partial charge in [-0.2, -0.15) is 0 Å². The maximum atomic E-state index is 8.61. The molecular weight excluding hydrogens is 593 g/mol. The molecule has 2 rings (SSSR count). The third kappa shape index (κ3) is 27.9. The summed E-state index contributed by atoms with van der Waals surface area (Å²) in [7, 11) is 0. The van der Waals surface area contributed by atoms with Crippen molar-refractivity contribution in [2.45, 2.75) is 6.42 Å². The van der Waals surface area contributed by atoms with E-state index in [0.29, 0.717) is 0 Å². The minimum Gasteiger partial charge on any atom is 2.00 e. The number of allylic oxidation sites excluding steroid dienone is 1. The van der Waals surface area contributed by atoms with Crippen molar-refractivity contribution in [2.75, 3.05) is 0 Å². The van der Waals surface area contributed by atoms with Crippen LogP contribution >= 0.6 is 0 Å². The molecule has 1 aliphatic heterocycles. The van der Waals surface area contributed by atoms with Crippen LogP contribution in [0, 0.1) is 0 Å². The Kier molecular flexibility index (Phi) is 20.7. The molecule has 0 aliphatic carbocycles. The van der Waals surface area contributed by atoms with E-state index < -0.39 is 29.0 Å². The van der Waals surface area contributed by atoms with Gasteiger partial charge in [0.1, 0.15) is 5.75 Å². The van der Waals surface area contributed by atoms with Crippen LogP contribution in [0.1, 0.15) is 5.56 Å². The van der Waals surface area contributed by atoms with Gasteiger partial charge in [-0.15, -0.1) is 0 Å². The summed E-state index contributed by atoms with van der Waals surface area (Å²) in [5.41, 5.74) is 1.27. The maximum absolute atomic E-state index is 8.61. The van der Waals surface area contributed by atoms with Gasteiger partial charge in [-0.25, -0.2) is 0 Å². The number of ether oxygens (including phenoxy) is 1. The van der Waals surface area contributed by atoms with E-state index in [1.54, 1.807) is 6.26 Å². The second-order valence-corrected chi connectivity index (χ2v) is 6.95. The number of benzene rings is 1. The fraction of sp³-hybridized carbons (Fsp3) is 0.111. The van der Waals surface area contributed by atoms with Crippen molar-refractivity contribution in [3.05, 3.63) is 42.2 Å². The molecule has 9 nitrogen and oxygen atoms in total. The summed E-state index contributed by atoms with van der Waals surface area (Å²) in [5.74, 6) is 0.991. The zero-order valence-corrected chi connectivity index (χ0v) is 17.2. The molecular formula is C9H8As2Cu3O9. The first kappa shape index (κ1) is 31.6. The van der Waals surface area contributed by atoms with Crippen LogP contribution in [-0.4, -0.2) is 29.0 Å². The molecule has 14 heteroatoms. The van der Waals surface area contributed by atoms with E-state index in [-0.39, 0.29) is 51.2 Å². The quantitative estimate of drug-likeness (QED) is 0.262.